The number of aliphatic hydroxyl groups is 1. The lowest BCUT2D eigenvalue weighted by Crippen LogP contribution is -2.53. The summed E-state index contributed by atoms with van der Waals surface area (Å²) in [5, 5.41) is 13.7. The highest BCUT2D eigenvalue weighted by Crippen LogP contribution is 2.02. The van der Waals surface area contributed by atoms with Gasteiger partial charge in [0.05, 0.1) is 27.2 Å². The molecule has 0 aliphatic heterocycles. The minimum atomic E-state index is -1.39. The number of rotatable bonds is 9. The Balaban J connectivity index is 2.61. The highest BCUT2D eigenvalue weighted by molar-refractivity contribution is 5.91. The van der Waals surface area contributed by atoms with Crippen molar-refractivity contribution in [2.45, 2.75) is 25.1 Å². The molecule has 1 rings (SSSR count). The third-order valence-corrected chi connectivity index (χ3v) is 3.40. The molecule has 3 N–H and O–H groups in total. The predicted octanol–water partition coefficient (Wildman–Crippen LogP) is -0.505. The first-order valence-electron chi connectivity index (χ1n) is 7.94. The van der Waals surface area contributed by atoms with Crippen molar-refractivity contribution in [3.63, 3.8) is 0 Å². The Labute approximate surface area is 155 Å². The number of carbonyl (C=O) groups is 4. The highest BCUT2D eigenvalue weighted by Gasteiger charge is 2.29. The monoisotopic (exact) mass is 382 g/mol. The summed E-state index contributed by atoms with van der Waals surface area (Å²) in [5.74, 6) is -2.52. The highest BCUT2D eigenvalue weighted by atomic mass is 16.5. The fourth-order valence-corrected chi connectivity index (χ4v) is 1.96. The molecule has 0 bridgehead atoms. The van der Waals surface area contributed by atoms with Gasteiger partial charge in [-0.05, 0) is 5.56 Å². The molecule has 0 aromatic heterocycles. The van der Waals surface area contributed by atoms with Crippen LogP contribution in [0.15, 0.2) is 30.3 Å². The van der Waals surface area contributed by atoms with Crippen molar-refractivity contribution in [1.29, 1.82) is 0 Å². The van der Waals surface area contributed by atoms with E-state index in [4.69, 9.17) is 4.74 Å². The molecule has 10 nitrogen and oxygen atoms in total. The number of carbonyl (C=O) groups excluding carboxylic acids is 4. The van der Waals surface area contributed by atoms with E-state index in [1.807, 2.05) is 6.07 Å². The number of esters is 2. The van der Waals surface area contributed by atoms with Gasteiger partial charge in [0.15, 0.2) is 0 Å². The summed E-state index contributed by atoms with van der Waals surface area (Å²) in [5.41, 5.74) is 0.737. The van der Waals surface area contributed by atoms with Crippen LogP contribution in [0.3, 0.4) is 0 Å². The van der Waals surface area contributed by atoms with Crippen molar-refractivity contribution in [2.75, 3.05) is 20.8 Å². The van der Waals surface area contributed by atoms with Crippen molar-refractivity contribution in [2.24, 2.45) is 0 Å². The number of benzene rings is 1. The zero-order valence-electron chi connectivity index (χ0n) is 15.0. The largest absolute Gasteiger partial charge is 0.469 e. The molecule has 0 aliphatic carbocycles. The van der Waals surface area contributed by atoms with E-state index < -0.39 is 49.1 Å². The summed E-state index contributed by atoms with van der Waals surface area (Å²) in [6, 6.07) is 6.13. The van der Waals surface area contributed by atoms with Crippen LogP contribution >= 0.6 is 0 Å². The molecule has 0 saturated carbocycles. The number of nitrogens with one attached hydrogen (secondary N) is 2. The number of aliphatic hydroxyl groups excluding tert-OH is 1. The van der Waals surface area contributed by atoms with Crippen molar-refractivity contribution < 1.29 is 38.5 Å². The molecule has 0 aliphatic rings. The van der Waals surface area contributed by atoms with Gasteiger partial charge in [-0.2, -0.15) is 0 Å². The lowest BCUT2D eigenvalue weighted by Gasteiger charge is -2.20. The molecule has 27 heavy (non-hydrogen) atoms. The Hall–Kier alpha value is -3.14. The SMILES string of the molecule is COC(=O)C[C@@H](NC(=O)[C@H](CO)NC(=O)OCc1ccccc1)C(=O)OC. The van der Waals surface area contributed by atoms with Gasteiger partial charge in [-0.25, -0.2) is 9.59 Å². The van der Waals surface area contributed by atoms with Gasteiger partial charge in [-0.3, -0.25) is 9.59 Å². The summed E-state index contributed by atoms with van der Waals surface area (Å²) in [6.45, 7) is -0.780. The Morgan fingerprint density at radius 1 is 1.00 bits per heavy atom. The zero-order chi connectivity index (χ0) is 20.2. The van der Waals surface area contributed by atoms with Gasteiger partial charge in [0.1, 0.15) is 18.7 Å². The second kappa shape index (κ2) is 11.5. The van der Waals surface area contributed by atoms with E-state index in [1.54, 1.807) is 24.3 Å². The van der Waals surface area contributed by atoms with Crippen LogP contribution in [0.2, 0.25) is 0 Å². The van der Waals surface area contributed by atoms with E-state index in [2.05, 4.69) is 20.1 Å². The third-order valence-electron chi connectivity index (χ3n) is 3.40. The number of hydrogen-bond acceptors (Lipinski definition) is 8. The van der Waals surface area contributed by atoms with Crippen LogP contribution in [0.4, 0.5) is 4.79 Å². The minimum Gasteiger partial charge on any atom is -0.469 e. The Morgan fingerprint density at radius 2 is 1.67 bits per heavy atom. The maximum Gasteiger partial charge on any atom is 0.408 e. The molecule has 1 aromatic carbocycles. The van der Waals surface area contributed by atoms with Crippen molar-refractivity contribution >= 4 is 23.9 Å². The van der Waals surface area contributed by atoms with Crippen LogP contribution in [0.1, 0.15) is 12.0 Å². The van der Waals surface area contributed by atoms with Crippen LogP contribution in [0.5, 0.6) is 0 Å². The van der Waals surface area contributed by atoms with Gasteiger partial charge < -0.3 is 30.0 Å². The molecule has 0 fully saturated rings. The Kier molecular flexibility index (Phi) is 9.30. The lowest BCUT2D eigenvalue weighted by molar-refractivity contribution is -0.151. The van der Waals surface area contributed by atoms with Gasteiger partial charge in [0.25, 0.3) is 0 Å². The zero-order valence-corrected chi connectivity index (χ0v) is 15.0. The standard InChI is InChI=1S/C17H22N2O8/c1-25-14(21)8-12(16(23)26-2)18-15(22)13(9-20)19-17(24)27-10-11-6-4-3-5-7-11/h3-7,12-13,20H,8-10H2,1-2H3,(H,18,22)(H,19,24)/t12-,13+/m1/s1. The van der Waals surface area contributed by atoms with Gasteiger partial charge in [0.2, 0.25) is 5.91 Å². The lowest BCUT2D eigenvalue weighted by atomic mass is 10.2. The summed E-state index contributed by atoms with van der Waals surface area (Å²) in [4.78, 5) is 47.0. The number of ether oxygens (including phenoxy) is 3. The average molecular weight is 382 g/mol. The molecule has 0 unspecified atom stereocenters. The van der Waals surface area contributed by atoms with E-state index >= 15 is 0 Å². The molecule has 10 heteroatoms. The third kappa shape index (κ3) is 7.74. The topological polar surface area (TPSA) is 140 Å². The predicted molar refractivity (Wildman–Crippen MR) is 91.2 cm³/mol. The van der Waals surface area contributed by atoms with Crippen LogP contribution in [-0.4, -0.2) is 62.0 Å². The van der Waals surface area contributed by atoms with Gasteiger partial charge >= 0.3 is 18.0 Å². The van der Waals surface area contributed by atoms with Gasteiger partial charge in [-0.15, -0.1) is 0 Å². The van der Waals surface area contributed by atoms with E-state index in [0.29, 0.717) is 0 Å². The van der Waals surface area contributed by atoms with Crippen LogP contribution < -0.4 is 10.6 Å². The second-order valence-corrected chi connectivity index (χ2v) is 5.31. The first-order chi connectivity index (χ1) is 12.9. The van der Waals surface area contributed by atoms with Gasteiger partial charge in [-0.1, -0.05) is 30.3 Å². The van der Waals surface area contributed by atoms with Gasteiger partial charge in [0, 0.05) is 0 Å². The van der Waals surface area contributed by atoms with Crippen molar-refractivity contribution in [3.05, 3.63) is 35.9 Å². The number of hydrogen-bond donors (Lipinski definition) is 3. The Bertz CT molecular complexity index is 650. The molecular weight excluding hydrogens is 360 g/mol. The van der Waals surface area contributed by atoms with E-state index in [0.717, 1.165) is 19.8 Å². The first-order valence-corrected chi connectivity index (χ1v) is 7.94. The molecule has 0 heterocycles. The number of amides is 2. The van der Waals surface area contributed by atoms with Crippen molar-refractivity contribution in [1.82, 2.24) is 10.6 Å². The van der Waals surface area contributed by atoms with Crippen molar-refractivity contribution in [3.8, 4) is 0 Å². The normalized spacial score (nSPS) is 12.3. The molecule has 2 atom stereocenters. The minimum absolute atomic E-state index is 0.0282. The van der Waals surface area contributed by atoms with E-state index in [-0.39, 0.29) is 6.61 Å². The molecule has 0 saturated heterocycles. The second-order valence-electron chi connectivity index (χ2n) is 5.31. The molecule has 2 amide bonds. The Morgan fingerprint density at radius 3 is 2.22 bits per heavy atom. The summed E-state index contributed by atoms with van der Waals surface area (Å²) < 4.78 is 13.9. The summed E-state index contributed by atoms with van der Waals surface area (Å²) in [6.07, 6.45) is -1.40. The fourth-order valence-electron chi connectivity index (χ4n) is 1.96. The van der Waals surface area contributed by atoms with Crippen LogP contribution in [-0.2, 0) is 35.2 Å². The summed E-state index contributed by atoms with van der Waals surface area (Å²) in [7, 11) is 2.21. The molecule has 148 valence electrons. The molecule has 0 radical (unpaired) electrons. The maximum atomic E-state index is 12.2. The number of methoxy groups -OCH3 is 2. The van der Waals surface area contributed by atoms with E-state index in [9.17, 15) is 24.3 Å². The first kappa shape index (κ1) is 21.9. The fraction of sp³-hybridized carbons (Fsp3) is 0.412. The quantitative estimate of drug-likeness (QED) is 0.383. The van der Waals surface area contributed by atoms with Crippen LogP contribution in [0.25, 0.3) is 0 Å². The molecular formula is C17H22N2O8. The molecule has 0 spiro atoms. The molecule has 1 aromatic rings. The number of alkyl carbamates (subject to hydrolysis) is 1. The average Bonchev–Trinajstić information content (AvgIpc) is 2.69. The smallest absolute Gasteiger partial charge is 0.408 e. The van der Waals surface area contributed by atoms with Crippen LogP contribution in [0, 0.1) is 0 Å². The van der Waals surface area contributed by atoms with E-state index in [1.165, 1.54) is 0 Å². The summed E-state index contributed by atoms with van der Waals surface area (Å²) >= 11 is 0. The maximum absolute atomic E-state index is 12.2.